The molecule has 0 aliphatic carbocycles. The maximum absolute atomic E-state index is 12.7. The molecule has 0 amide bonds. The second-order valence-corrected chi connectivity index (χ2v) is 7.38. The molecule has 1 N–H and O–H groups in total. The summed E-state index contributed by atoms with van der Waals surface area (Å²) in [5, 5.41) is 9.27. The van der Waals surface area contributed by atoms with Crippen LogP contribution in [0.2, 0.25) is 0 Å². The maximum Gasteiger partial charge on any atom is 0.322 e. The van der Waals surface area contributed by atoms with Crippen molar-refractivity contribution in [3.63, 3.8) is 0 Å². The molecule has 0 aromatic heterocycles. The molecular formula is C14H19NO4S. The van der Waals surface area contributed by atoms with Gasteiger partial charge in [0.2, 0.25) is 10.0 Å². The fourth-order valence-corrected chi connectivity index (χ4v) is 4.65. The molecule has 0 saturated carbocycles. The van der Waals surface area contributed by atoms with Crippen LogP contribution in [0, 0.1) is 19.8 Å². The number of carbonyl (C=O) groups is 1. The van der Waals surface area contributed by atoms with Gasteiger partial charge in [-0.25, -0.2) is 8.42 Å². The topological polar surface area (TPSA) is 74.7 Å². The molecule has 110 valence electrons. The zero-order valence-corrected chi connectivity index (χ0v) is 12.6. The summed E-state index contributed by atoms with van der Waals surface area (Å²) in [6, 6.07) is 4.09. The van der Waals surface area contributed by atoms with E-state index in [4.69, 9.17) is 0 Å². The quantitative estimate of drug-likeness (QED) is 0.923. The molecular weight excluding hydrogens is 278 g/mol. The summed E-state index contributed by atoms with van der Waals surface area (Å²) in [6.45, 7) is 5.68. The molecule has 1 aromatic rings. The van der Waals surface area contributed by atoms with Gasteiger partial charge in [-0.15, -0.1) is 0 Å². The third-order valence-electron chi connectivity index (χ3n) is 3.71. The van der Waals surface area contributed by atoms with E-state index in [9.17, 15) is 18.3 Å². The van der Waals surface area contributed by atoms with Crippen molar-refractivity contribution >= 4 is 16.0 Å². The van der Waals surface area contributed by atoms with Crippen LogP contribution in [0.4, 0.5) is 0 Å². The van der Waals surface area contributed by atoms with E-state index in [1.54, 1.807) is 19.1 Å². The fraction of sp³-hybridized carbons (Fsp3) is 0.500. The van der Waals surface area contributed by atoms with Crippen LogP contribution in [0.3, 0.4) is 0 Å². The van der Waals surface area contributed by atoms with Crippen LogP contribution in [0.5, 0.6) is 0 Å². The summed E-state index contributed by atoms with van der Waals surface area (Å²) in [4.78, 5) is 11.5. The number of aliphatic carboxylic acids is 1. The van der Waals surface area contributed by atoms with Crippen molar-refractivity contribution in [3.8, 4) is 0 Å². The highest BCUT2D eigenvalue weighted by atomic mass is 32.2. The van der Waals surface area contributed by atoms with Crippen molar-refractivity contribution in [1.29, 1.82) is 0 Å². The van der Waals surface area contributed by atoms with E-state index >= 15 is 0 Å². The van der Waals surface area contributed by atoms with E-state index in [2.05, 4.69) is 0 Å². The number of hydrogen-bond donors (Lipinski definition) is 1. The second kappa shape index (κ2) is 5.18. The van der Waals surface area contributed by atoms with E-state index in [1.165, 1.54) is 0 Å². The predicted octanol–water partition coefficient (Wildman–Crippen LogP) is 1.79. The standard InChI is InChI=1S/C14H19NO4S/c1-9-6-10(2)8-12(7-9)20(18,19)15-5-4-11(3)13(15)14(16)17/h6-8,11,13H,4-5H2,1-3H3,(H,16,17). The Morgan fingerprint density at radius 3 is 2.30 bits per heavy atom. The van der Waals surface area contributed by atoms with Crippen molar-refractivity contribution in [2.45, 2.75) is 38.1 Å². The molecule has 2 rings (SSSR count). The zero-order chi connectivity index (χ0) is 15.1. The van der Waals surface area contributed by atoms with Gasteiger partial charge in [-0.3, -0.25) is 4.79 Å². The number of aryl methyl sites for hydroxylation is 2. The first-order valence-electron chi connectivity index (χ1n) is 6.56. The summed E-state index contributed by atoms with van der Waals surface area (Å²) < 4.78 is 26.4. The molecule has 1 fully saturated rings. The minimum absolute atomic E-state index is 0.173. The van der Waals surface area contributed by atoms with Crippen LogP contribution in [0.15, 0.2) is 23.1 Å². The minimum atomic E-state index is -3.76. The molecule has 1 heterocycles. The number of carboxylic acids is 1. The minimum Gasteiger partial charge on any atom is -0.480 e. The summed E-state index contributed by atoms with van der Waals surface area (Å²) in [7, 11) is -3.76. The van der Waals surface area contributed by atoms with Crippen molar-refractivity contribution in [2.24, 2.45) is 5.92 Å². The molecule has 2 atom stereocenters. The Kier molecular flexibility index (Phi) is 3.88. The van der Waals surface area contributed by atoms with Gasteiger partial charge in [-0.05, 0) is 49.4 Å². The molecule has 0 radical (unpaired) electrons. The van der Waals surface area contributed by atoms with Gasteiger partial charge >= 0.3 is 5.97 Å². The third-order valence-corrected chi connectivity index (χ3v) is 5.57. The molecule has 1 aliphatic heterocycles. The zero-order valence-electron chi connectivity index (χ0n) is 11.8. The Balaban J connectivity index is 2.47. The van der Waals surface area contributed by atoms with Gasteiger partial charge in [0.15, 0.2) is 0 Å². The van der Waals surface area contributed by atoms with Gasteiger partial charge in [0.05, 0.1) is 4.90 Å². The molecule has 0 bridgehead atoms. The summed E-state index contributed by atoms with van der Waals surface area (Å²) in [5.74, 6) is -1.25. The van der Waals surface area contributed by atoms with E-state index in [-0.39, 0.29) is 17.4 Å². The predicted molar refractivity (Wildman–Crippen MR) is 75.0 cm³/mol. The average Bonchev–Trinajstić information content (AvgIpc) is 2.70. The van der Waals surface area contributed by atoms with Crippen molar-refractivity contribution in [3.05, 3.63) is 29.3 Å². The Labute approximate surface area is 119 Å². The molecule has 6 heteroatoms. The lowest BCUT2D eigenvalue weighted by Crippen LogP contribution is -2.42. The van der Waals surface area contributed by atoms with Gasteiger partial charge in [-0.2, -0.15) is 4.31 Å². The Hall–Kier alpha value is -1.40. The molecule has 1 saturated heterocycles. The van der Waals surface area contributed by atoms with Crippen LogP contribution in [0.1, 0.15) is 24.5 Å². The smallest absolute Gasteiger partial charge is 0.322 e. The largest absolute Gasteiger partial charge is 0.480 e. The van der Waals surface area contributed by atoms with Gasteiger partial charge in [-0.1, -0.05) is 13.0 Å². The van der Waals surface area contributed by atoms with Gasteiger partial charge < -0.3 is 5.11 Å². The highest BCUT2D eigenvalue weighted by Crippen LogP contribution is 2.30. The third kappa shape index (κ3) is 2.58. The number of hydrogen-bond acceptors (Lipinski definition) is 3. The fourth-order valence-electron chi connectivity index (χ4n) is 2.77. The highest BCUT2D eigenvalue weighted by Gasteiger charge is 2.43. The van der Waals surface area contributed by atoms with Crippen molar-refractivity contribution in [2.75, 3.05) is 6.54 Å². The molecule has 1 aromatic carbocycles. The molecule has 1 aliphatic rings. The average molecular weight is 297 g/mol. The number of sulfonamides is 1. The SMILES string of the molecule is Cc1cc(C)cc(S(=O)(=O)N2CCC(C)C2C(=O)O)c1. The Morgan fingerprint density at radius 2 is 1.80 bits per heavy atom. The van der Waals surface area contributed by atoms with Gasteiger partial charge in [0.1, 0.15) is 6.04 Å². The maximum atomic E-state index is 12.7. The Morgan fingerprint density at radius 1 is 1.25 bits per heavy atom. The number of benzene rings is 1. The highest BCUT2D eigenvalue weighted by molar-refractivity contribution is 7.89. The van der Waals surface area contributed by atoms with Crippen LogP contribution < -0.4 is 0 Å². The second-order valence-electron chi connectivity index (χ2n) is 5.49. The summed E-state index contributed by atoms with van der Waals surface area (Å²) >= 11 is 0. The molecule has 5 nitrogen and oxygen atoms in total. The number of nitrogens with zero attached hydrogens (tertiary/aromatic N) is 1. The first kappa shape index (κ1) is 15.0. The summed E-state index contributed by atoms with van der Waals surface area (Å²) in [6.07, 6.45) is 0.570. The first-order chi connectivity index (χ1) is 9.23. The first-order valence-corrected chi connectivity index (χ1v) is 8.00. The van der Waals surface area contributed by atoms with Crippen LogP contribution in [-0.2, 0) is 14.8 Å². The number of carboxylic acid groups (broad SMARTS) is 1. The van der Waals surface area contributed by atoms with Crippen molar-refractivity contribution in [1.82, 2.24) is 4.31 Å². The van der Waals surface area contributed by atoms with Crippen LogP contribution >= 0.6 is 0 Å². The van der Waals surface area contributed by atoms with Crippen LogP contribution in [-0.4, -0.2) is 36.4 Å². The number of rotatable bonds is 3. The lowest BCUT2D eigenvalue weighted by Gasteiger charge is -2.23. The molecule has 2 unspecified atom stereocenters. The van der Waals surface area contributed by atoms with E-state index in [1.807, 2.05) is 19.9 Å². The van der Waals surface area contributed by atoms with E-state index in [0.29, 0.717) is 6.42 Å². The lowest BCUT2D eigenvalue weighted by atomic mass is 10.0. The molecule has 0 spiro atoms. The van der Waals surface area contributed by atoms with Crippen molar-refractivity contribution < 1.29 is 18.3 Å². The van der Waals surface area contributed by atoms with E-state index < -0.39 is 22.0 Å². The monoisotopic (exact) mass is 297 g/mol. The van der Waals surface area contributed by atoms with Crippen LogP contribution in [0.25, 0.3) is 0 Å². The Bertz CT molecular complexity index is 618. The van der Waals surface area contributed by atoms with Gasteiger partial charge in [0.25, 0.3) is 0 Å². The summed E-state index contributed by atoms with van der Waals surface area (Å²) in [5.41, 5.74) is 1.70. The molecule has 20 heavy (non-hydrogen) atoms. The normalized spacial score (nSPS) is 23.9. The lowest BCUT2D eigenvalue weighted by molar-refractivity contribution is -0.141. The van der Waals surface area contributed by atoms with Gasteiger partial charge in [0, 0.05) is 6.54 Å². The van der Waals surface area contributed by atoms with E-state index in [0.717, 1.165) is 15.4 Å².